The smallest absolute Gasteiger partial charge is 0.180 e. The molecule has 0 radical (unpaired) electrons. The molecule has 0 saturated heterocycles. The summed E-state index contributed by atoms with van der Waals surface area (Å²) in [5.41, 5.74) is 3.46. The average Bonchev–Trinajstić information content (AvgIpc) is 2.91. The van der Waals surface area contributed by atoms with Crippen molar-refractivity contribution < 1.29 is 4.79 Å². The van der Waals surface area contributed by atoms with Gasteiger partial charge in [-0.15, -0.1) is 0 Å². The number of anilines is 1. The molecule has 0 atom stereocenters. The van der Waals surface area contributed by atoms with Crippen molar-refractivity contribution in [3.63, 3.8) is 0 Å². The Bertz CT molecular complexity index is 774. The highest BCUT2D eigenvalue weighted by Gasteiger charge is 2.09. The molecule has 0 unspecified atom stereocenters. The van der Waals surface area contributed by atoms with Gasteiger partial charge in [0.1, 0.15) is 0 Å². The Hall–Kier alpha value is -2.69. The van der Waals surface area contributed by atoms with E-state index in [1.807, 2.05) is 41.9 Å². The number of ketones is 1. The monoisotopic (exact) mass is 266 g/mol. The van der Waals surface area contributed by atoms with Crippen molar-refractivity contribution >= 4 is 17.2 Å². The first kappa shape index (κ1) is 12.3. The lowest BCUT2D eigenvalue weighted by Gasteiger charge is -2.05. The molecule has 0 aliphatic rings. The molecule has 3 rings (SSSR count). The number of hydrogen-bond acceptors (Lipinski definition) is 4. The third-order valence-corrected chi connectivity index (χ3v) is 3.25. The van der Waals surface area contributed by atoms with Gasteiger partial charge in [0, 0.05) is 30.6 Å². The summed E-state index contributed by atoms with van der Waals surface area (Å²) in [6.45, 7) is 1.56. The van der Waals surface area contributed by atoms with Gasteiger partial charge in [0.15, 0.2) is 17.2 Å². The lowest BCUT2D eigenvalue weighted by atomic mass is 10.1. The summed E-state index contributed by atoms with van der Waals surface area (Å²) in [4.78, 5) is 19.9. The predicted molar refractivity (Wildman–Crippen MR) is 78.0 cm³/mol. The summed E-state index contributed by atoms with van der Waals surface area (Å²) in [5, 5.41) is 3.02. The van der Waals surface area contributed by atoms with E-state index < -0.39 is 0 Å². The van der Waals surface area contributed by atoms with Gasteiger partial charge in [0.05, 0.1) is 11.9 Å². The highest BCUT2D eigenvalue weighted by atomic mass is 16.1. The molecule has 3 aromatic rings. The van der Waals surface area contributed by atoms with E-state index in [9.17, 15) is 4.79 Å². The van der Waals surface area contributed by atoms with Crippen LogP contribution < -0.4 is 5.32 Å². The number of carbonyl (C=O) groups is 1. The Balaban J connectivity index is 2.12. The van der Waals surface area contributed by atoms with Gasteiger partial charge in [-0.25, -0.2) is 9.97 Å². The SMILES string of the molecule is CNc1nccn2c(-c3ccc(C(C)=O)cc3)cnc12. The van der Waals surface area contributed by atoms with Crippen LogP contribution in [0.5, 0.6) is 0 Å². The van der Waals surface area contributed by atoms with Crippen molar-refractivity contribution in [2.24, 2.45) is 0 Å². The molecule has 100 valence electrons. The predicted octanol–water partition coefficient (Wildman–Crippen LogP) is 2.64. The van der Waals surface area contributed by atoms with E-state index in [4.69, 9.17) is 0 Å². The molecule has 2 heterocycles. The minimum Gasteiger partial charge on any atom is -0.370 e. The number of hydrogen-bond donors (Lipinski definition) is 1. The molecule has 5 heteroatoms. The number of Topliss-reactive ketones (excluding diaryl/α,β-unsaturated/α-hetero) is 1. The van der Waals surface area contributed by atoms with Crippen LogP contribution in [-0.2, 0) is 0 Å². The minimum absolute atomic E-state index is 0.0661. The van der Waals surface area contributed by atoms with E-state index >= 15 is 0 Å². The summed E-state index contributed by atoms with van der Waals surface area (Å²) in [7, 11) is 1.82. The normalized spacial score (nSPS) is 10.7. The molecule has 0 saturated carbocycles. The Labute approximate surface area is 116 Å². The average molecular weight is 266 g/mol. The van der Waals surface area contributed by atoms with Crippen LogP contribution >= 0.6 is 0 Å². The largest absolute Gasteiger partial charge is 0.370 e. The number of nitrogens with one attached hydrogen (secondary N) is 1. The van der Waals surface area contributed by atoms with Crippen LogP contribution in [0.3, 0.4) is 0 Å². The van der Waals surface area contributed by atoms with E-state index in [0.29, 0.717) is 5.56 Å². The Morgan fingerprint density at radius 2 is 1.95 bits per heavy atom. The maximum absolute atomic E-state index is 11.3. The van der Waals surface area contributed by atoms with Crippen molar-refractivity contribution in [2.75, 3.05) is 12.4 Å². The second-order valence-corrected chi connectivity index (χ2v) is 4.50. The van der Waals surface area contributed by atoms with Gasteiger partial charge in [-0.3, -0.25) is 9.20 Å². The third kappa shape index (κ3) is 1.93. The lowest BCUT2D eigenvalue weighted by Crippen LogP contribution is -1.97. The molecule has 5 nitrogen and oxygen atoms in total. The Kier molecular flexibility index (Phi) is 2.95. The van der Waals surface area contributed by atoms with Crippen molar-refractivity contribution in [1.29, 1.82) is 0 Å². The summed E-state index contributed by atoms with van der Waals surface area (Å²) < 4.78 is 1.97. The number of aromatic nitrogens is 3. The van der Waals surface area contributed by atoms with E-state index in [2.05, 4.69) is 15.3 Å². The maximum atomic E-state index is 11.3. The molecular formula is C15H14N4O. The summed E-state index contributed by atoms with van der Waals surface area (Å²) in [5.74, 6) is 0.801. The summed E-state index contributed by atoms with van der Waals surface area (Å²) in [6.07, 6.45) is 5.41. The van der Waals surface area contributed by atoms with Crippen LogP contribution in [0.2, 0.25) is 0 Å². The van der Waals surface area contributed by atoms with E-state index in [1.165, 1.54) is 0 Å². The lowest BCUT2D eigenvalue weighted by molar-refractivity contribution is 0.101. The second kappa shape index (κ2) is 4.77. The zero-order chi connectivity index (χ0) is 14.1. The van der Waals surface area contributed by atoms with Crippen LogP contribution in [0.1, 0.15) is 17.3 Å². The van der Waals surface area contributed by atoms with Gasteiger partial charge in [0.25, 0.3) is 0 Å². The van der Waals surface area contributed by atoms with Crippen molar-refractivity contribution in [2.45, 2.75) is 6.92 Å². The van der Waals surface area contributed by atoms with Crippen LogP contribution in [0.25, 0.3) is 16.9 Å². The van der Waals surface area contributed by atoms with Crippen LogP contribution in [-0.4, -0.2) is 27.2 Å². The van der Waals surface area contributed by atoms with Gasteiger partial charge in [-0.2, -0.15) is 0 Å². The molecule has 0 amide bonds. The van der Waals surface area contributed by atoms with Crippen molar-refractivity contribution in [3.8, 4) is 11.3 Å². The van der Waals surface area contributed by atoms with Crippen molar-refractivity contribution in [1.82, 2.24) is 14.4 Å². The van der Waals surface area contributed by atoms with Crippen LogP contribution in [0.4, 0.5) is 5.82 Å². The third-order valence-electron chi connectivity index (χ3n) is 3.25. The van der Waals surface area contributed by atoms with E-state index in [-0.39, 0.29) is 5.78 Å². The van der Waals surface area contributed by atoms with Gasteiger partial charge in [-0.05, 0) is 6.92 Å². The fourth-order valence-corrected chi connectivity index (χ4v) is 2.18. The Morgan fingerprint density at radius 1 is 1.20 bits per heavy atom. The molecular weight excluding hydrogens is 252 g/mol. The molecule has 0 aliphatic carbocycles. The van der Waals surface area contributed by atoms with Gasteiger partial charge < -0.3 is 5.32 Å². The second-order valence-electron chi connectivity index (χ2n) is 4.50. The minimum atomic E-state index is 0.0661. The highest BCUT2D eigenvalue weighted by Crippen LogP contribution is 2.23. The molecule has 0 spiro atoms. The number of nitrogens with zero attached hydrogens (tertiary/aromatic N) is 3. The zero-order valence-electron chi connectivity index (χ0n) is 11.3. The number of rotatable bonds is 3. The Morgan fingerprint density at radius 3 is 2.60 bits per heavy atom. The first-order chi connectivity index (χ1) is 9.70. The molecule has 0 bridgehead atoms. The first-order valence-electron chi connectivity index (χ1n) is 6.32. The fourth-order valence-electron chi connectivity index (χ4n) is 2.18. The van der Waals surface area contributed by atoms with E-state index in [1.54, 1.807) is 19.3 Å². The maximum Gasteiger partial charge on any atom is 0.180 e. The highest BCUT2D eigenvalue weighted by molar-refractivity contribution is 5.94. The first-order valence-corrected chi connectivity index (χ1v) is 6.32. The number of benzene rings is 1. The quantitative estimate of drug-likeness (QED) is 0.740. The van der Waals surface area contributed by atoms with Gasteiger partial charge >= 0.3 is 0 Å². The standard InChI is InChI=1S/C15H14N4O/c1-10(20)11-3-5-12(6-4-11)13-9-18-15-14(16-2)17-7-8-19(13)15/h3-9H,1-2H3,(H,16,17). The molecule has 20 heavy (non-hydrogen) atoms. The number of carbonyl (C=O) groups excluding carboxylic acids is 1. The fraction of sp³-hybridized carbons (Fsp3) is 0.133. The van der Waals surface area contributed by atoms with Gasteiger partial charge in [-0.1, -0.05) is 24.3 Å². The van der Waals surface area contributed by atoms with Crippen LogP contribution in [0, 0.1) is 0 Å². The van der Waals surface area contributed by atoms with Gasteiger partial charge in [0.2, 0.25) is 0 Å². The summed E-state index contributed by atoms with van der Waals surface area (Å²) in [6, 6.07) is 7.52. The molecule has 0 fully saturated rings. The summed E-state index contributed by atoms with van der Waals surface area (Å²) >= 11 is 0. The van der Waals surface area contributed by atoms with E-state index in [0.717, 1.165) is 22.7 Å². The van der Waals surface area contributed by atoms with Crippen molar-refractivity contribution in [3.05, 3.63) is 48.4 Å². The molecule has 0 aliphatic heterocycles. The topological polar surface area (TPSA) is 59.3 Å². The molecule has 2 aromatic heterocycles. The molecule has 1 N–H and O–H groups in total. The zero-order valence-corrected chi connectivity index (χ0v) is 11.3. The number of imidazole rings is 1. The number of fused-ring (bicyclic) bond motifs is 1. The molecule has 1 aromatic carbocycles. The van der Waals surface area contributed by atoms with Crippen LogP contribution in [0.15, 0.2) is 42.9 Å².